The molecule has 0 atom stereocenters. The molecule has 18 heavy (non-hydrogen) atoms. The van der Waals surface area contributed by atoms with Crippen molar-refractivity contribution in [2.45, 2.75) is 6.92 Å². The Morgan fingerprint density at radius 1 is 1.50 bits per heavy atom. The first kappa shape index (κ1) is 14.5. The van der Waals surface area contributed by atoms with Crippen LogP contribution >= 0.6 is 12.6 Å². The van der Waals surface area contributed by atoms with Crippen molar-refractivity contribution in [3.05, 3.63) is 60.0 Å². The minimum atomic E-state index is 0.625. The lowest BCUT2D eigenvalue weighted by molar-refractivity contribution is 1.23. The first-order chi connectivity index (χ1) is 8.71. The summed E-state index contributed by atoms with van der Waals surface area (Å²) in [5, 5.41) is 0. The molecule has 94 valence electrons. The highest BCUT2D eigenvalue weighted by Crippen LogP contribution is 2.10. The van der Waals surface area contributed by atoms with E-state index in [1.165, 1.54) is 0 Å². The van der Waals surface area contributed by atoms with Crippen molar-refractivity contribution in [3.63, 3.8) is 0 Å². The average Bonchev–Trinajstić information content (AvgIpc) is 2.40. The molecule has 0 radical (unpaired) electrons. The van der Waals surface area contributed by atoms with Crippen molar-refractivity contribution in [3.8, 4) is 0 Å². The predicted molar refractivity (Wildman–Crippen MR) is 83.5 cm³/mol. The zero-order valence-corrected chi connectivity index (χ0v) is 11.7. The van der Waals surface area contributed by atoms with E-state index < -0.39 is 0 Å². The van der Waals surface area contributed by atoms with Crippen molar-refractivity contribution in [1.82, 2.24) is 4.98 Å². The third kappa shape index (κ3) is 4.34. The lowest BCUT2D eigenvalue weighted by Crippen LogP contribution is -1.94. The Labute approximate surface area is 114 Å². The zero-order chi connectivity index (χ0) is 13.4. The Bertz CT molecular complexity index is 499. The average molecular weight is 258 g/mol. The van der Waals surface area contributed by atoms with E-state index >= 15 is 0 Å². The molecule has 1 aromatic heterocycles. The number of thiol groups is 1. The summed E-state index contributed by atoms with van der Waals surface area (Å²) in [5.74, 6) is 0.625. The first-order valence-corrected chi connectivity index (χ1v) is 6.35. The highest BCUT2D eigenvalue weighted by atomic mass is 32.1. The standard InChI is InChI=1S/C15H18N2S/c1-4-13(7-8-14(11-18)16-3)10-15-12(2)6-5-9-17-15/h4-10,18H,1,11H2,2-3H3/b8-7-,13-10+,16-14+. The maximum Gasteiger partial charge on any atom is 0.0664 e. The van der Waals surface area contributed by atoms with Crippen molar-refractivity contribution < 1.29 is 0 Å². The molecule has 0 bridgehead atoms. The third-order valence-corrected chi connectivity index (χ3v) is 2.83. The minimum absolute atomic E-state index is 0.625. The summed E-state index contributed by atoms with van der Waals surface area (Å²) in [4.78, 5) is 8.44. The van der Waals surface area contributed by atoms with Gasteiger partial charge in [-0.1, -0.05) is 24.8 Å². The van der Waals surface area contributed by atoms with Crippen LogP contribution in [0.2, 0.25) is 0 Å². The zero-order valence-electron chi connectivity index (χ0n) is 10.8. The summed E-state index contributed by atoms with van der Waals surface area (Å²) in [6, 6.07) is 3.97. The Morgan fingerprint density at radius 2 is 2.28 bits per heavy atom. The molecule has 0 spiro atoms. The van der Waals surface area contributed by atoms with Crippen LogP contribution < -0.4 is 0 Å². The van der Waals surface area contributed by atoms with Gasteiger partial charge in [-0.05, 0) is 36.3 Å². The van der Waals surface area contributed by atoms with Crippen LogP contribution in [0.3, 0.4) is 0 Å². The molecule has 0 aromatic carbocycles. The number of pyridine rings is 1. The number of hydrogen-bond acceptors (Lipinski definition) is 3. The number of hydrogen-bond donors (Lipinski definition) is 1. The van der Waals surface area contributed by atoms with Gasteiger partial charge in [-0.2, -0.15) is 12.6 Å². The molecular weight excluding hydrogens is 240 g/mol. The monoisotopic (exact) mass is 258 g/mol. The fourth-order valence-electron chi connectivity index (χ4n) is 1.37. The van der Waals surface area contributed by atoms with Crippen molar-refractivity contribution >= 4 is 24.4 Å². The fraction of sp³-hybridized carbons (Fsp3) is 0.200. The predicted octanol–water partition coefficient (Wildman–Crippen LogP) is 3.52. The SMILES string of the molecule is C=CC(/C=C\C(CS)=N/C)=C\c1ncccc1C. The number of allylic oxidation sites excluding steroid dienone is 4. The topological polar surface area (TPSA) is 25.2 Å². The van der Waals surface area contributed by atoms with E-state index in [0.717, 1.165) is 22.5 Å². The Hall–Kier alpha value is -1.61. The Balaban J connectivity index is 2.98. The molecule has 1 heterocycles. The van der Waals surface area contributed by atoms with Gasteiger partial charge in [0.1, 0.15) is 0 Å². The quantitative estimate of drug-likeness (QED) is 0.488. The summed E-state index contributed by atoms with van der Waals surface area (Å²) in [6.07, 6.45) is 9.51. The van der Waals surface area contributed by atoms with Crippen LogP contribution in [0, 0.1) is 6.92 Å². The summed E-state index contributed by atoms with van der Waals surface area (Å²) in [6.45, 7) is 5.85. The molecule has 0 fully saturated rings. The second-order valence-corrected chi connectivity index (χ2v) is 4.08. The van der Waals surface area contributed by atoms with Crippen LogP contribution in [-0.2, 0) is 0 Å². The van der Waals surface area contributed by atoms with Crippen LogP contribution in [0.25, 0.3) is 6.08 Å². The number of aliphatic imine (C=N–C) groups is 1. The summed E-state index contributed by atoms with van der Waals surface area (Å²) in [5.41, 5.74) is 4.03. The molecule has 1 rings (SSSR count). The smallest absolute Gasteiger partial charge is 0.0664 e. The van der Waals surface area contributed by atoms with Gasteiger partial charge < -0.3 is 0 Å². The molecule has 3 heteroatoms. The number of rotatable bonds is 5. The highest BCUT2D eigenvalue weighted by Gasteiger charge is 1.95. The highest BCUT2D eigenvalue weighted by molar-refractivity contribution is 7.81. The second-order valence-electron chi connectivity index (χ2n) is 3.76. The largest absolute Gasteiger partial charge is 0.292 e. The molecule has 0 N–H and O–H groups in total. The Kier molecular flexibility index (Phi) is 6.15. The number of nitrogens with zero attached hydrogens (tertiary/aromatic N) is 2. The van der Waals surface area contributed by atoms with Crippen LogP contribution in [0.4, 0.5) is 0 Å². The van der Waals surface area contributed by atoms with Gasteiger partial charge >= 0.3 is 0 Å². The molecule has 0 saturated heterocycles. The van der Waals surface area contributed by atoms with Crippen molar-refractivity contribution in [2.75, 3.05) is 12.8 Å². The third-order valence-electron chi connectivity index (χ3n) is 2.51. The van der Waals surface area contributed by atoms with Crippen LogP contribution in [-0.4, -0.2) is 23.5 Å². The van der Waals surface area contributed by atoms with Crippen molar-refractivity contribution in [2.24, 2.45) is 4.99 Å². The van der Waals surface area contributed by atoms with Gasteiger partial charge in [0, 0.05) is 24.7 Å². The van der Waals surface area contributed by atoms with E-state index in [4.69, 9.17) is 0 Å². The van der Waals surface area contributed by atoms with E-state index in [1.54, 1.807) is 19.3 Å². The summed E-state index contributed by atoms with van der Waals surface area (Å²) >= 11 is 4.20. The van der Waals surface area contributed by atoms with E-state index in [9.17, 15) is 0 Å². The Morgan fingerprint density at radius 3 is 2.83 bits per heavy atom. The fourth-order valence-corrected chi connectivity index (χ4v) is 1.62. The molecule has 2 nitrogen and oxygen atoms in total. The molecule has 1 aromatic rings. The lowest BCUT2D eigenvalue weighted by atomic mass is 10.1. The van der Waals surface area contributed by atoms with Gasteiger partial charge in [0.2, 0.25) is 0 Å². The van der Waals surface area contributed by atoms with Gasteiger partial charge in [0.15, 0.2) is 0 Å². The molecule has 0 aliphatic rings. The number of aromatic nitrogens is 1. The molecule has 0 amide bonds. The molecule has 0 unspecified atom stereocenters. The molecule has 0 saturated carbocycles. The lowest BCUT2D eigenvalue weighted by Gasteiger charge is -2.00. The van der Waals surface area contributed by atoms with Crippen LogP contribution in [0.15, 0.2) is 53.7 Å². The number of aryl methyl sites for hydroxylation is 1. The van der Waals surface area contributed by atoms with E-state index in [1.807, 2.05) is 37.3 Å². The van der Waals surface area contributed by atoms with E-state index in [2.05, 4.69) is 29.2 Å². The first-order valence-electron chi connectivity index (χ1n) is 5.71. The van der Waals surface area contributed by atoms with Crippen LogP contribution in [0.5, 0.6) is 0 Å². The maximum absolute atomic E-state index is 4.33. The van der Waals surface area contributed by atoms with Gasteiger partial charge in [-0.15, -0.1) is 0 Å². The van der Waals surface area contributed by atoms with E-state index in [-0.39, 0.29) is 0 Å². The summed E-state index contributed by atoms with van der Waals surface area (Å²) in [7, 11) is 1.76. The molecular formula is C15H18N2S. The van der Waals surface area contributed by atoms with Crippen molar-refractivity contribution in [1.29, 1.82) is 0 Å². The van der Waals surface area contributed by atoms with E-state index in [0.29, 0.717) is 5.75 Å². The van der Waals surface area contributed by atoms with Gasteiger partial charge in [0.05, 0.1) is 5.69 Å². The van der Waals surface area contributed by atoms with Crippen LogP contribution in [0.1, 0.15) is 11.3 Å². The minimum Gasteiger partial charge on any atom is -0.292 e. The normalized spacial score (nSPS) is 13.1. The maximum atomic E-state index is 4.33. The van der Waals surface area contributed by atoms with Gasteiger partial charge in [-0.25, -0.2) is 0 Å². The summed E-state index contributed by atoms with van der Waals surface area (Å²) < 4.78 is 0. The molecule has 0 aliphatic heterocycles. The molecule has 0 aliphatic carbocycles. The van der Waals surface area contributed by atoms with Gasteiger partial charge in [0.25, 0.3) is 0 Å². The second kappa shape index (κ2) is 7.67. The van der Waals surface area contributed by atoms with Gasteiger partial charge in [-0.3, -0.25) is 9.98 Å².